The van der Waals surface area contributed by atoms with Crippen LogP contribution in [0.4, 0.5) is 5.69 Å². The van der Waals surface area contributed by atoms with Gasteiger partial charge in [-0.3, -0.25) is 14.9 Å². The highest BCUT2D eigenvalue weighted by molar-refractivity contribution is 5.87. The third kappa shape index (κ3) is 2.79. The predicted molar refractivity (Wildman–Crippen MR) is 77.8 cm³/mol. The number of hydrogen-bond donors (Lipinski definition) is 1. The van der Waals surface area contributed by atoms with Gasteiger partial charge >= 0.3 is 0 Å². The van der Waals surface area contributed by atoms with E-state index >= 15 is 0 Å². The molecule has 0 heterocycles. The molecule has 2 atom stereocenters. The molecule has 0 saturated heterocycles. The molecule has 6 heteroatoms. The predicted octanol–water partition coefficient (Wildman–Crippen LogP) is 2.48. The molecule has 0 aliphatic heterocycles. The van der Waals surface area contributed by atoms with Crippen molar-refractivity contribution in [3.8, 4) is 0 Å². The molecule has 2 aliphatic rings. The second kappa shape index (κ2) is 5.63. The number of carbonyl (C=O) groups is 1. The topological polar surface area (TPSA) is 84.6 Å². The van der Waals surface area contributed by atoms with Gasteiger partial charge < -0.3 is 0 Å². The summed E-state index contributed by atoms with van der Waals surface area (Å²) in [5, 5.41) is 14.7. The van der Waals surface area contributed by atoms with Crippen LogP contribution in [0.2, 0.25) is 0 Å². The Morgan fingerprint density at radius 2 is 1.95 bits per heavy atom. The maximum atomic E-state index is 12.0. The molecule has 2 aliphatic carbocycles. The van der Waals surface area contributed by atoms with Gasteiger partial charge in [0.1, 0.15) is 0 Å². The van der Waals surface area contributed by atoms with E-state index in [1.165, 1.54) is 25.1 Å². The normalized spacial score (nSPS) is 27.1. The van der Waals surface area contributed by atoms with Gasteiger partial charge in [-0.05, 0) is 30.7 Å². The Balaban J connectivity index is 1.60. The molecule has 0 spiro atoms. The van der Waals surface area contributed by atoms with E-state index in [0.29, 0.717) is 17.4 Å². The molecule has 110 valence electrons. The van der Waals surface area contributed by atoms with E-state index in [1.54, 1.807) is 18.2 Å². The fourth-order valence-corrected chi connectivity index (χ4v) is 3.38. The summed E-state index contributed by atoms with van der Waals surface area (Å²) in [5.41, 5.74) is 2.89. The maximum Gasteiger partial charge on any atom is 0.278 e. The van der Waals surface area contributed by atoms with Crippen molar-refractivity contribution in [3.05, 3.63) is 39.9 Å². The Labute approximate surface area is 122 Å². The van der Waals surface area contributed by atoms with Crippen LogP contribution in [-0.2, 0) is 4.79 Å². The van der Waals surface area contributed by atoms with Crippen LogP contribution < -0.4 is 5.43 Å². The van der Waals surface area contributed by atoms with Crippen molar-refractivity contribution in [1.82, 2.24) is 5.43 Å². The highest BCUT2D eigenvalue weighted by Crippen LogP contribution is 2.55. The zero-order valence-electron chi connectivity index (χ0n) is 11.6. The number of para-hydroxylation sites is 1. The van der Waals surface area contributed by atoms with Crippen LogP contribution in [-0.4, -0.2) is 17.0 Å². The van der Waals surface area contributed by atoms with Gasteiger partial charge in [0, 0.05) is 12.0 Å². The molecule has 6 nitrogen and oxygen atoms in total. The molecule has 21 heavy (non-hydrogen) atoms. The number of carbonyl (C=O) groups excluding carboxylic acids is 1. The number of benzene rings is 1. The number of nitro groups is 1. The molecule has 3 rings (SSSR count). The van der Waals surface area contributed by atoms with Crippen molar-refractivity contribution >= 4 is 17.8 Å². The average Bonchev–Trinajstić information content (AvgIpc) is 3.22. The van der Waals surface area contributed by atoms with Crippen molar-refractivity contribution in [2.45, 2.75) is 25.7 Å². The zero-order chi connectivity index (χ0) is 14.8. The number of nitro benzene ring substituents is 1. The minimum absolute atomic E-state index is 0.0180. The largest absolute Gasteiger partial charge is 0.278 e. The monoisotopic (exact) mass is 287 g/mol. The SMILES string of the molecule is O=C(N/N=C/c1ccccc1[N+](=O)[O-])C1C2CCCCC21. The summed E-state index contributed by atoms with van der Waals surface area (Å²) in [4.78, 5) is 22.4. The quantitative estimate of drug-likeness (QED) is 0.524. The Bertz CT molecular complexity index is 588. The fraction of sp³-hybridized carbons (Fsp3) is 0.467. The molecular formula is C15H17N3O3. The van der Waals surface area contributed by atoms with Crippen molar-refractivity contribution in [3.63, 3.8) is 0 Å². The van der Waals surface area contributed by atoms with Crippen LogP contribution in [0.15, 0.2) is 29.4 Å². The van der Waals surface area contributed by atoms with E-state index in [2.05, 4.69) is 10.5 Å². The Hall–Kier alpha value is -2.24. The van der Waals surface area contributed by atoms with Gasteiger partial charge in [-0.2, -0.15) is 5.10 Å². The summed E-state index contributed by atoms with van der Waals surface area (Å²) in [6.07, 6.45) is 6.03. The first-order valence-electron chi connectivity index (χ1n) is 7.25. The van der Waals surface area contributed by atoms with Gasteiger partial charge in [-0.15, -0.1) is 0 Å². The van der Waals surface area contributed by atoms with Gasteiger partial charge in [-0.1, -0.05) is 25.0 Å². The minimum atomic E-state index is -0.460. The van der Waals surface area contributed by atoms with E-state index in [4.69, 9.17) is 0 Å². The first kappa shape index (κ1) is 13.7. The van der Waals surface area contributed by atoms with Crippen LogP contribution in [0.3, 0.4) is 0 Å². The summed E-state index contributed by atoms with van der Waals surface area (Å²) < 4.78 is 0. The lowest BCUT2D eigenvalue weighted by molar-refractivity contribution is -0.385. The molecule has 0 aromatic heterocycles. The first-order valence-corrected chi connectivity index (χ1v) is 7.25. The first-order chi connectivity index (χ1) is 10.2. The van der Waals surface area contributed by atoms with Crippen LogP contribution in [0, 0.1) is 27.9 Å². The molecule has 1 aromatic rings. The Kier molecular flexibility index (Phi) is 3.68. The third-order valence-electron chi connectivity index (χ3n) is 4.47. The smallest absolute Gasteiger partial charge is 0.273 e. The van der Waals surface area contributed by atoms with E-state index in [1.807, 2.05) is 0 Å². The number of hydrazone groups is 1. The molecule has 2 unspecified atom stereocenters. The molecule has 1 N–H and O–H groups in total. The average molecular weight is 287 g/mol. The summed E-state index contributed by atoms with van der Waals surface area (Å²) in [7, 11) is 0. The summed E-state index contributed by atoms with van der Waals surface area (Å²) in [6.45, 7) is 0. The van der Waals surface area contributed by atoms with Crippen molar-refractivity contribution in [2.24, 2.45) is 22.9 Å². The molecule has 1 aromatic carbocycles. The Morgan fingerprint density at radius 1 is 1.29 bits per heavy atom. The Morgan fingerprint density at radius 3 is 2.62 bits per heavy atom. The number of nitrogens with zero attached hydrogens (tertiary/aromatic N) is 2. The molecule has 1 amide bonds. The number of fused-ring (bicyclic) bond motifs is 1. The molecule has 2 saturated carbocycles. The van der Waals surface area contributed by atoms with Crippen LogP contribution in [0.1, 0.15) is 31.2 Å². The zero-order valence-corrected chi connectivity index (χ0v) is 11.6. The van der Waals surface area contributed by atoms with Gasteiger partial charge in [-0.25, -0.2) is 5.43 Å². The van der Waals surface area contributed by atoms with E-state index in [-0.39, 0.29) is 17.5 Å². The highest BCUT2D eigenvalue weighted by Gasteiger charge is 2.54. The van der Waals surface area contributed by atoms with E-state index in [9.17, 15) is 14.9 Å². The molecular weight excluding hydrogens is 270 g/mol. The molecule has 2 fully saturated rings. The summed E-state index contributed by atoms with van der Waals surface area (Å²) >= 11 is 0. The lowest BCUT2D eigenvalue weighted by Crippen LogP contribution is -2.20. The summed E-state index contributed by atoms with van der Waals surface area (Å²) in [5.74, 6) is 1.09. The summed E-state index contributed by atoms with van der Waals surface area (Å²) in [6, 6.07) is 6.32. The van der Waals surface area contributed by atoms with Crippen LogP contribution >= 0.6 is 0 Å². The molecule has 0 bridgehead atoms. The molecule has 0 radical (unpaired) electrons. The van der Waals surface area contributed by atoms with Crippen LogP contribution in [0.25, 0.3) is 0 Å². The van der Waals surface area contributed by atoms with Gasteiger partial charge in [0.25, 0.3) is 5.69 Å². The van der Waals surface area contributed by atoms with Crippen molar-refractivity contribution < 1.29 is 9.72 Å². The van der Waals surface area contributed by atoms with Gasteiger partial charge in [0.05, 0.1) is 16.7 Å². The second-order valence-electron chi connectivity index (χ2n) is 5.69. The van der Waals surface area contributed by atoms with Crippen molar-refractivity contribution in [2.75, 3.05) is 0 Å². The maximum absolute atomic E-state index is 12.0. The van der Waals surface area contributed by atoms with Crippen LogP contribution in [0.5, 0.6) is 0 Å². The lowest BCUT2D eigenvalue weighted by Gasteiger charge is -2.04. The van der Waals surface area contributed by atoms with E-state index < -0.39 is 4.92 Å². The minimum Gasteiger partial charge on any atom is -0.273 e. The fourth-order valence-electron chi connectivity index (χ4n) is 3.38. The van der Waals surface area contributed by atoms with Gasteiger partial charge in [0.2, 0.25) is 5.91 Å². The van der Waals surface area contributed by atoms with E-state index in [0.717, 1.165) is 12.8 Å². The number of nitrogens with one attached hydrogen (secondary N) is 1. The third-order valence-corrected chi connectivity index (χ3v) is 4.47. The standard InChI is InChI=1S/C15H17N3O3/c19-15(14-11-6-2-3-7-12(11)14)17-16-9-10-5-1-4-8-13(10)18(20)21/h1,4-5,8-9,11-12,14H,2-3,6-7H2,(H,17,19)/b16-9+. The number of rotatable bonds is 4. The van der Waals surface area contributed by atoms with Gasteiger partial charge in [0.15, 0.2) is 0 Å². The number of amides is 1. The second-order valence-corrected chi connectivity index (χ2v) is 5.69. The number of hydrogen-bond acceptors (Lipinski definition) is 4. The van der Waals surface area contributed by atoms with Crippen molar-refractivity contribution in [1.29, 1.82) is 0 Å². The highest BCUT2D eigenvalue weighted by atomic mass is 16.6. The lowest BCUT2D eigenvalue weighted by atomic mass is 10.0.